The highest BCUT2D eigenvalue weighted by Crippen LogP contribution is 2.38. The molecule has 0 amide bonds. The molecule has 0 aromatic heterocycles. The Labute approximate surface area is 336 Å². The average molecular weight is 794 g/mol. The number of allylic oxidation sites excluding steroid dienone is 10. The van der Waals surface area contributed by atoms with Crippen LogP contribution in [0.15, 0.2) is 60.8 Å². The van der Waals surface area contributed by atoms with E-state index in [1.165, 1.54) is 83.5 Å². The van der Waals surface area contributed by atoms with Gasteiger partial charge in [0.1, 0.15) is 19.8 Å². The molecule has 0 aliphatic heterocycles. The van der Waals surface area contributed by atoms with Gasteiger partial charge in [0.05, 0.1) is 27.7 Å². The van der Waals surface area contributed by atoms with Crippen LogP contribution in [-0.2, 0) is 32.7 Å². The fourth-order valence-electron chi connectivity index (χ4n) is 5.40. The summed E-state index contributed by atoms with van der Waals surface area (Å²) in [6.45, 7) is 4.09. The number of ether oxygens (including phenoxy) is 2. The Morgan fingerprint density at radius 1 is 0.564 bits per heavy atom. The number of carbonyl (C=O) groups excluding carboxylic acids is 2. The molecule has 9 nitrogen and oxygen atoms in total. The molecule has 0 heterocycles. The highest BCUT2D eigenvalue weighted by Gasteiger charge is 2.21. The van der Waals surface area contributed by atoms with Crippen LogP contribution in [-0.4, -0.2) is 70.0 Å². The fourth-order valence-corrected chi connectivity index (χ4v) is 6.13. The van der Waals surface area contributed by atoms with Gasteiger partial charge in [-0.15, -0.1) is 0 Å². The fraction of sp³-hybridized carbons (Fsp3) is 0.733. The molecule has 0 saturated carbocycles. The number of hydrogen-bond acceptors (Lipinski definition) is 8. The van der Waals surface area contributed by atoms with Crippen LogP contribution >= 0.6 is 7.82 Å². The van der Waals surface area contributed by atoms with Gasteiger partial charge in [0, 0.05) is 12.8 Å². The third-order valence-corrected chi connectivity index (χ3v) is 9.77. The van der Waals surface area contributed by atoms with Crippen LogP contribution in [0.3, 0.4) is 0 Å². The molecule has 10 heteroatoms. The first kappa shape index (κ1) is 52.7. The summed E-state index contributed by atoms with van der Waals surface area (Å²) in [5.74, 6) is -0.933. The summed E-state index contributed by atoms with van der Waals surface area (Å²) in [5.41, 5.74) is 0. The second kappa shape index (κ2) is 37.3. The molecule has 0 aliphatic carbocycles. The molecular formula is C45H80NO8P. The number of hydrogen-bond donors (Lipinski definition) is 0. The van der Waals surface area contributed by atoms with Gasteiger partial charge in [-0.05, 0) is 51.4 Å². The van der Waals surface area contributed by atoms with E-state index in [4.69, 9.17) is 18.5 Å². The number of phosphoric ester groups is 1. The van der Waals surface area contributed by atoms with Crippen molar-refractivity contribution in [2.24, 2.45) is 0 Å². The van der Waals surface area contributed by atoms with Crippen LogP contribution in [0.5, 0.6) is 0 Å². The van der Waals surface area contributed by atoms with Crippen molar-refractivity contribution in [2.75, 3.05) is 47.5 Å². The highest BCUT2D eigenvalue weighted by molar-refractivity contribution is 7.45. The lowest BCUT2D eigenvalue weighted by molar-refractivity contribution is -0.870. The van der Waals surface area contributed by atoms with E-state index in [-0.39, 0.29) is 26.1 Å². The molecular weight excluding hydrogens is 713 g/mol. The van der Waals surface area contributed by atoms with Gasteiger partial charge in [0.15, 0.2) is 6.10 Å². The number of phosphoric acid groups is 1. The number of esters is 2. The molecule has 0 aromatic carbocycles. The van der Waals surface area contributed by atoms with E-state index in [1.807, 2.05) is 33.3 Å². The number of carbonyl (C=O) groups is 2. The zero-order chi connectivity index (χ0) is 40.7. The van der Waals surface area contributed by atoms with Crippen LogP contribution in [0.1, 0.15) is 162 Å². The maximum Gasteiger partial charge on any atom is 0.306 e. The van der Waals surface area contributed by atoms with Crippen molar-refractivity contribution in [3.05, 3.63) is 60.8 Å². The standard InChI is InChI=1S/C45H80NO8P/c1-6-8-10-12-14-16-18-20-21-22-23-24-25-26-28-30-32-34-36-38-45(48)54-43(42-53-55(49,50)52-40-39-46(3,4)5)41-51-44(47)37-35-33-31-29-27-19-17-15-13-11-9-7-2/h14,16,20-21,23-24,26,28,32,34,43H,6-13,15,17-19,22,25,27,29-31,33,35-42H2,1-5H3/b16-14+,21-20+,24-23+,28-26+,34-32+/t43-/m1/s1. The molecule has 55 heavy (non-hydrogen) atoms. The molecule has 1 unspecified atom stereocenters. The number of quaternary nitrogens is 1. The van der Waals surface area contributed by atoms with Gasteiger partial charge in [-0.25, -0.2) is 0 Å². The third kappa shape index (κ3) is 41.2. The molecule has 318 valence electrons. The summed E-state index contributed by atoms with van der Waals surface area (Å²) in [6, 6.07) is 0. The van der Waals surface area contributed by atoms with Crippen molar-refractivity contribution in [1.29, 1.82) is 0 Å². The lowest BCUT2D eigenvalue weighted by Gasteiger charge is -2.28. The van der Waals surface area contributed by atoms with E-state index in [0.29, 0.717) is 17.4 Å². The summed E-state index contributed by atoms with van der Waals surface area (Å²) in [7, 11) is 1.11. The summed E-state index contributed by atoms with van der Waals surface area (Å²) in [4.78, 5) is 37.4. The molecule has 0 bridgehead atoms. The number of rotatable bonds is 38. The molecule has 0 aromatic rings. The zero-order valence-corrected chi connectivity index (χ0v) is 36.5. The number of nitrogens with zero attached hydrogens (tertiary/aromatic N) is 1. The quantitative estimate of drug-likeness (QED) is 0.0200. The minimum Gasteiger partial charge on any atom is -0.756 e. The Kier molecular flexibility index (Phi) is 35.7. The summed E-state index contributed by atoms with van der Waals surface area (Å²) in [6.07, 6.45) is 44.0. The Balaban J connectivity index is 4.51. The van der Waals surface area contributed by atoms with E-state index in [2.05, 4.69) is 62.5 Å². The van der Waals surface area contributed by atoms with Crippen molar-refractivity contribution in [1.82, 2.24) is 0 Å². The first-order valence-corrected chi connectivity index (χ1v) is 23.0. The number of likely N-dealkylation sites (N-methyl/N-ethyl adjacent to an activating group) is 1. The average Bonchev–Trinajstić information content (AvgIpc) is 3.13. The first-order valence-electron chi connectivity index (χ1n) is 21.5. The molecule has 0 N–H and O–H groups in total. The Hall–Kier alpha value is -2.29. The van der Waals surface area contributed by atoms with E-state index >= 15 is 0 Å². The van der Waals surface area contributed by atoms with Gasteiger partial charge >= 0.3 is 11.9 Å². The van der Waals surface area contributed by atoms with Crippen molar-refractivity contribution in [2.45, 2.75) is 168 Å². The molecule has 2 atom stereocenters. The Bertz CT molecular complexity index is 1120. The maximum absolute atomic E-state index is 12.6. The summed E-state index contributed by atoms with van der Waals surface area (Å²) >= 11 is 0. The van der Waals surface area contributed by atoms with Crippen molar-refractivity contribution >= 4 is 19.8 Å². The third-order valence-electron chi connectivity index (χ3n) is 8.80. The van der Waals surface area contributed by atoms with Crippen LogP contribution in [0.4, 0.5) is 0 Å². The normalized spacial score (nSPS) is 14.2. The van der Waals surface area contributed by atoms with E-state index in [0.717, 1.165) is 44.9 Å². The first-order chi connectivity index (χ1) is 26.5. The van der Waals surface area contributed by atoms with E-state index in [9.17, 15) is 19.0 Å². The van der Waals surface area contributed by atoms with Crippen LogP contribution in [0.25, 0.3) is 0 Å². The van der Waals surface area contributed by atoms with Crippen LogP contribution in [0.2, 0.25) is 0 Å². The highest BCUT2D eigenvalue weighted by atomic mass is 31.2. The lowest BCUT2D eigenvalue weighted by Crippen LogP contribution is -2.37. The molecule has 0 spiro atoms. The second-order valence-electron chi connectivity index (χ2n) is 15.4. The van der Waals surface area contributed by atoms with Gasteiger partial charge < -0.3 is 27.9 Å². The summed E-state index contributed by atoms with van der Waals surface area (Å²) in [5, 5.41) is 0. The topological polar surface area (TPSA) is 111 Å². The minimum atomic E-state index is -4.64. The molecule has 0 radical (unpaired) electrons. The molecule has 0 fully saturated rings. The number of unbranched alkanes of at least 4 members (excludes halogenated alkanes) is 14. The van der Waals surface area contributed by atoms with Gasteiger partial charge in [0.2, 0.25) is 0 Å². The largest absolute Gasteiger partial charge is 0.756 e. The zero-order valence-electron chi connectivity index (χ0n) is 35.6. The Morgan fingerprint density at radius 2 is 1.02 bits per heavy atom. The van der Waals surface area contributed by atoms with Crippen LogP contribution < -0.4 is 4.89 Å². The molecule has 0 aliphatic rings. The smallest absolute Gasteiger partial charge is 0.306 e. The predicted octanol–water partition coefficient (Wildman–Crippen LogP) is 11.4. The van der Waals surface area contributed by atoms with Gasteiger partial charge in [-0.3, -0.25) is 14.2 Å². The second-order valence-corrected chi connectivity index (χ2v) is 16.8. The maximum atomic E-state index is 12.6. The van der Waals surface area contributed by atoms with Crippen molar-refractivity contribution in [3.8, 4) is 0 Å². The SMILES string of the molecule is CCCCC/C=C/C/C=C/C/C=C/C/C=C/C/C=C/CCC(=O)O[C@H](COC(=O)CCCCCCCCCCCCCC)COP(=O)([O-])OCC[N+](C)(C)C. The van der Waals surface area contributed by atoms with Crippen molar-refractivity contribution in [3.63, 3.8) is 0 Å². The van der Waals surface area contributed by atoms with E-state index < -0.39 is 32.5 Å². The van der Waals surface area contributed by atoms with Crippen molar-refractivity contribution < 1.29 is 42.1 Å². The molecule has 0 rings (SSSR count). The van der Waals surface area contributed by atoms with Gasteiger partial charge in [-0.1, -0.05) is 158 Å². The lowest BCUT2D eigenvalue weighted by atomic mass is 10.0. The minimum absolute atomic E-state index is 0.0455. The molecule has 0 saturated heterocycles. The van der Waals surface area contributed by atoms with Crippen LogP contribution in [0, 0.1) is 0 Å². The van der Waals surface area contributed by atoms with Gasteiger partial charge in [0.25, 0.3) is 7.82 Å². The van der Waals surface area contributed by atoms with Gasteiger partial charge in [-0.2, -0.15) is 0 Å². The Morgan fingerprint density at radius 3 is 1.53 bits per heavy atom. The summed E-state index contributed by atoms with van der Waals surface area (Å²) < 4.78 is 33.7. The predicted molar refractivity (Wildman–Crippen MR) is 226 cm³/mol. The monoisotopic (exact) mass is 794 g/mol. The van der Waals surface area contributed by atoms with E-state index in [1.54, 1.807) is 0 Å².